The summed E-state index contributed by atoms with van der Waals surface area (Å²) in [6.07, 6.45) is -0.434. The van der Waals surface area contributed by atoms with E-state index in [1.54, 1.807) is 18.3 Å². The maximum absolute atomic E-state index is 9.75. The zero-order valence-corrected chi connectivity index (χ0v) is 10.9. The highest BCUT2D eigenvalue weighted by molar-refractivity contribution is 7.07. The normalized spacial score (nSPS) is 12.4. The number of hydrogen-bond donors (Lipinski definition) is 1. The van der Waals surface area contributed by atoms with Crippen LogP contribution in [0.25, 0.3) is 0 Å². The summed E-state index contributed by atoms with van der Waals surface area (Å²) in [5.74, 6) is 0. The molecule has 0 unspecified atom stereocenters. The van der Waals surface area contributed by atoms with Gasteiger partial charge in [-0.3, -0.25) is 0 Å². The fraction of sp³-hybridized carbons (Fsp3) is 0.286. The standard InChI is InChI=1S/C14H17NOS/c1-11(16)13-5-3-4-6-14(13)15(2)9-12-7-8-17-10-12/h3-8,10-11,16H,9H2,1-2H3/t11-/m0/s1. The molecule has 17 heavy (non-hydrogen) atoms. The molecular formula is C14H17NOS. The van der Waals surface area contributed by atoms with E-state index in [2.05, 4.69) is 34.8 Å². The highest BCUT2D eigenvalue weighted by atomic mass is 32.1. The number of nitrogens with zero attached hydrogens (tertiary/aromatic N) is 1. The van der Waals surface area contributed by atoms with Crippen molar-refractivity contribution in [3.8, 4) is 0 Å². The lowest BCUT2D eigenvalue weighted by atomic mass is 10.1. The molecule has 0 fully saturated rings. The zero-order chi connectivity index (χ0) is 12.3. The smallest absolute Gasteiger partial charge is 0.0781 e. The SMILES string of the molecule is C[C@H](O)c1ccccc1N(C)Cc1ccsc1. The van der Waals surface area contributed by atoms with E-state index < -0.39 is 6.10 Å². The Morgan fingerprint density at radius 1 is 1.29 bits per heavy atom. The van der Waals surface area contributed by atoms with Crippen molar-refractivity contribution in [2.45, 2.75) is 19.6 Å². The molecule has 0 aliphatic heterocycles. The largest absolute Gasteiger partial charge is 0.389 e. The first kappa shape index (κ1) is 12.1. The summed E-state index contributed by atoms with van der Waals surface area (Å²) in [6.45, 7) is 2.67. The Morgan fingerprint density at radius 2 is 2.06 bits per heavy atom. The Hall–Kier alpha value is -1.32. The first-order chi connectivity index (χ1) is 8.18. The predicted octanol–water partition coefficient (Wildman–Crippen LogP) is 3.44. The van der Waals surface area contributed by atoms with Gasteiger partial charge in [0.15, 0.2) is 0 Å². The molecule has 2 aromatic rings. The van der Waals surface area contributed by atoms with Crippen LogP contribution in [0.1, 0.15) is 24.2 Å². The molecule has 0 aliphatic rings. The Bertz CT molecular complexity index is 465. The number of hydrogen-bond acceptors (Lipinski definition) is 3. The molecule has 0 amide bonds. The van der Waals surface area contributed by atoms with Crippen LogP contribution < -0.4 is 4.90 Å². The second-order valence-corrected chi connectivity index (χ2v) is 5.00. The average molecular weight is 247 g/mol. The quantitative estimate of drug-likeness (QED) is 0.894. The minimum Gasteiger partial charge on any atom is -0.389 e. The van der Waals surface area contributed by atoms with Gasteiger partial charge in [0, 0.05) is 24.8 Å². The summed E-state index contributed by atoms with van der Waals surface area (Å²) in [5.41, 5.74) is 3.37. The van der Waals surface area contributed by atoms with Crippen LogP contribution in [0.2, 0.25) is 0 Å². The summed E-state index contributed by atoms with van der Waals surface area (Å²) in [4.78, 5) is 2.17. The Morgan fingerprint density at radius 3 is 2.71 bits per heavy atom. The topological polar surface area (TPSA) is 23.5 Å². The van der Waals surface area contributed by atoms with E-state index >= 15 is 0 Å². The molecule has 1 aromatic heterocycles. The molecule has 0 aliphatic carbocycles. The molecule has 90 valence electrons. The average Bonchev–Trinajstić information content (AvgIpc) is 2.81. The molecule has 0 bridgehead atoms. The maximum atomic E-state index is 9.75. The van der Waals surface area contributed by atoms with E-state index in [-0.39, 0.29) is 0 Å². The van der Waals surface area contributed by atoms with Gasteiger partial charge in [-0.1, -0.05) is 18.2 Å². The van der Waals surface area contributed by atoms with Crippen LogP contribution in [-0.4, -0.2) is 12.2 Å². The van der Waals surface area contributed by atoms with Gasteiger partial charge in [-0.25, -0.2) is 0 Å². The van der Waals surface area contributed by atoms with Crippen molar-refractivity contribution < 1.29 is 5.11 Å². The van der Waals surface area contributed by atoms with Gasteiger partial charge in [0.25, 0.3) is 0 Å². The number of aliphatic hydroxyl groups excluding tert-OH is 1. The third kappa shape index (κ3) is 2.87. The Labute approximate surface area is 106 Å². The molecule has 0 spiro atoms. The van der Waals surface area contributed by atoms with E-state index in [4.69, 9.17) is 0 Å². The van der Waals surface area contributed by atoms with Crippen LogP contribution in [0.5, 0.6) is 0 Å². The summed E-state index contributed by atoms with van der Waals surface area (Å²) in [6, 6.07) is 10.1. The molecule has 3 heteroatoms. The van der Waals surface area contributed by atoms with Crippen LogP contribution in [-0.2, 0) is 6.54 Å². The van der Waals surface area contributed by atoms with E-state index in [0.29, 0.717) is 0 Å². The van der Waals surface area contributed by atoms with Crippen molar-refractivity contribution in [2.75, 3.05) is 11.9 Å². The van der Waals surface area contributed by atoms with E-state index in [0.717, 1.165) is 17.8 Å². The van der Waals surface area contributed by atoms with Gasteiger partial charge in [0.1, 0.15) is 0 Å². The monoisotopic (exact) mass is 247 g/mol. The van der Waals surface area contributed by atoms with Crippen molar-refractivity contribution >= 4 is 17.0 Å². The lowest BCUT2D eigenvalue weighted by Gasteiger charge is -2.23. The van der Waals surface area contributed by atoms with E-state index in [9.17, 15) is 5.11 Å². The molecule has 0 saturated heterocycles. The van der Waals surface area contributed by atoms with Crippen LogP contribution in [0, 0.1) is 0 Å². The van der Waals surface area contributed by atoms with Gasteiger partial charge in [0.2, 0.25) is 0 Å². The van der Waals surface area contributed by atoms with Crippen LogP contribution in [0.3, 0.4) is 0 Å². The number of thiophene rings is 1. The lowest BCUT2D eigenvalue weighted by Crippen LogP contribution is -2.18. The highest BCUT2D eigenvalue weighted by Gasteiger charge is 2.11. The third-order valence-corrected chi connectivity index (χ3v) is 3.53. The molecule has 1 atom stereocenters. The van der Waals surface area contributed by atoms with Crippen LogP contribution in [0.15, 0.2) is 41.1 Å². The minimum atomic E-state index is -0.434. The summed E-state index contributed by atoms with van der Waals surface area (Å²) >= 11 is 1.71. The van der Waals surface area contributed by atoms with Crippen LogP contribution >= 0.6 is 11.3 Å². The van der Waals surface area contributed by atoms with Crippen molar-refractivity contribution in [2.24, 2.45) is 0 Å². The number of aliphatic hydroxyl groups is 1. The lowest BCUT2D eigenvalue weighted by molar-refractivity contribution is 0.199. The van der Waals surface area contributed by atoms with Gasteiger partial charge in [-0.15, -0.1) is 0 Å². The molecule has 0 radical (unpaired) electrons. The highest BCUT2D eigenvalue weighted by Crippen LogP contribution is 2.26. The molecule has 1 heterocycles. The Kier molecular flexibility index (Phi) is 3.82. The van der Waals surface area contributed by atoms with Gasteiger partial charge in [0.05, 0.1) is 6.10 Å². The van der Waals surface area contributed by atoms with Crippen molar-refractivity contribution in [1.82, 2.24) is 0 Å². The molecular weight excluding hydrogens is 230 g/mol. The summed E-state index contributed by atoms with van der Waals surface area (Å²) < 4.78 is 0. The fourth-order valence-electron chi connectivity index (χ4n) is 1.93. The maximum Gasteiger partial charge on any atom is 0.0781 e. The number of rotatable bonds is 4. The number of para-hydroxylation sites is 1. The first-order valence-electron chi connectivity index (χ1n) is 5.67. The molecule has 2 rings (SSSR count). The number of anilines is 1. The molecule has 1 N–H and O–H groups in total. The summed E-state index contributed by atoms with van der Waals surface area (Å²) in [7, 11) is 2.05. The second-order valence-electron chi connectivity index (χ2n) is 4.22. The predicted molar refractivity (Wildman–Crippen MR) is 73.5 cm³/mol. The molecule has 2 nitrogen and oxygen atoms in total. The number of benzene rings is 1. The first-order valence-corrected chi connectivity index (χ1v) is 6.62. The zero-order valence-electron chi connectivity index (χ0n) is 10.1. The molecule has 0 saturated carbocycles. The second kappa shape index (κ2) is 5.34. The Balaban J connectivity index is 2.21. The van der Waals surface area contributed by atoms with Gasteiger partial charge < -0.3 is 10.0 Å². The minimum absolute atomic E-state index is 0.434. The fourth-order valence-corrected chi connectivity index (χ4v) is 2.59. The van der Waals surface area contributed by atoms with Gasteiger partial charge in [-0.05, 0) is 35.4 Å². The third-order valence-electron chi connectivity index (χ3n) is 2.80. The van der Waals surface area contributed by atoms with Crippen molar-refractivity contribution in [3.05, 3.63) is 52.2 Å². The van der Waals surface area contributed by atoms with Gasteiger partial charge >= 0.3 is 0 Å². The van der Waals surface area contributed by atoms with E-state index in [1.165, 1.54) is 5.56 Å². The molecule has 1 aromatic carbocycles. The summed E-state index contributed by atoms with van der Waals surface area (Å²) in [5, 5.41) is 14.0. The van der Waals surface area contributed by atoms with E-state index in [1.807, 2.05) is 18.2 Å². The van der Waals surface area contributed by atoms with Crippen molar-refractivity contribution in [1.29, 1.82) is 0 Å². The van der Waals surface area contributed by atoms with Crippen LogP contribution in [0.4, 0.5) is 5.69 Å². The van der Waals surface area contributed by atoms with Crippen molar-refractivity contribution in [3.63, 3.8) is 0 Å². The van der Waals surface area contributed by atoms with Gasteiger partial charge in [-0.2, -0.15) is 11.3 Å².